The van der Waals surface area contributed by atoms with Crippen molar-refractivity contribution in [3.05, 3.63) is 53.0 Å². The average molecular weight is 341 g/mol. The number of carbonyl (C=O) groups is 1. The largest absolute Gasteiger partial charge is 0.492 e. The van der Waals surface area contributed by atoms with E-state index in [1.807, 2.05) is 19.1 Å². The van der Waals surface area contributed by atoms with Gasteiger partial charge in [-0.25, -0.2) is 4.79 Å². The molecule has 0 radical (unpaired) electrons. The van der Waals surface area contributed by atoms with E-state index >= 15 is 0 Å². The third-order valence-electron chi connectivity index (χ3n) is 3.64. The van der Waals surface area contributed by atoms with Crippen LogP contribution in [-0.4, -0.2) is 23.5 Å². The molecule has 0 saturated heterocycles. The smallest absolute Gasteiger partial charge is 0.417 e. The van der Waals surface area contributed by atoms with E-state index in [1.165, 1.54) is 0 Å². The number of rotatable bonds is 6. The fourth-order valence-electron chi connectivity index (χ4n) is 2.45. The van der Waals surface area contributed by atoms with Gasteiger partial charge in [-0.3, -0.25) is 9.78 Å². The molecule has 1 aromatic heterocycles. The Morgan fingerprint density at radius 2 is 2.08 bits per heavy atom. The van der Waals surface area contributed by atoms with Crippen LogP contribution in [0.1, 0.15) is 13.8 Å². The van der Waals surface area contributed by atoms with Gasteiger partial charge in [0, 0.05) is 5.69 Å². The molecule has 3 rings (SSSR count). The molecular weight excluding hydrogens is 322 g/mol. The predicted octanol–water partition coefficient (Wildman–Crippen LogP) is 2.96. The maximum Gasteiger partial charge on any atom is 0.417 e. The molecule has 130 valence electrons. The highest BCUT2D eigenvalue weighted by atomic mass is 16.5. The third kappa shape index (κ3) is 3.82. The quantitative estimate of drug-likeness (QED) is 0.640. The van der Waals surface area contributed by atoms with Gasteiger partial charge in [0.1, 0.15) is 11.8 Å². The van der Waals surface area contributed by atoms with Crippen molar-refractivity contribution in [2.75, 3.05) is 17.2 Å². The lowest BCUT2D eigenvalue weighted by Gasteiger charge is -2.17. The number of H-pyrrole nitrogens is 1. The summed E-state index contributed by atoms with van der Waals surface area (Å²) >= 11 is 0. The van der Waals surface area contributed by atoms with E-state index in [2.05, 4.69) is 15.6 Å². The molecule has 1 heterocycles. The molecule has 0 aliphatic heterocycles. The Kier molecular flexibility index (Phi) is 4.74. The van der Waals surface area contributed by atoms with Crippen molar-refractivity contribution in [1.29, 1.82) is 0 Å². The maximum atomic E-state index is 12.4. The Morgan fingerprint density at radius 1 is 1.28 bits per heavy atom. The number of amides is 1. The van der Waals surface area contributed by atoms with Gasteiger partial charge in [0.15, 0.2) is 5.58 Å². The molecule has 0 aliphatic carbocycles. The predicted molar refractivity (Wildman–Crippen MR) is 96.2 cm³/mol. The molecule has 0 unspecified atom stereocenters. The van der Waals surface area contributed by atoms with Crippen molar-refractivity contribution in [2.45, 2.75) is 19.9 Å². The Balaban J connectivity index is 1.70. The number of aromatic amines is 1. The van der Waals surface area contributed by atoms with Crippen LogP contribution in [0.4, 0.5) is 11.4 Å². The van der Waals surface area contributed by atoms with Crippen LogP contribution in [0.5, 0.6) is 5.75 Å². The molecule has 0 spiro atoms. The van der Waals surface area contributed by atoms with Crippen LogP contribution in [0, 0.1) is 0 Å². The van der Waals surface area contributed by atoms with Crippen molar-refractivity contribution < 1.29 is 13.9 Å². The molecule has 0 aliphatic rings. The van der Waals surface area contributed by atoms with Gasteiger partial charge in [-0.15, -0.1) is 0 Å². The summed E-state index contributed by atoms with van der Waals surface area (Å²) in [6.45, 7) is 4.16. The van der Waals surface area contributed by atoms with Crippen LogP contribution in [0.15, 0.2) is 51.7 Å². The number of nitrogens with one attached hydrogen (secondary N) is 3. The zero-order valence-electron chi connectivity index (χ0n) is 14.0. The minimum absolute atomic E-state index is 0.201. The zero-order valence-corrected chi connectivity index (χ0v) is 14.0. The van der Waals surface area contributed by atoms with Gasteiger partial charge in [-0.05, 0) is 44.2 Å². The molecule has 7 heteroatoms. The molecule has 0 saturated carbocycles. The second-order valence-electron chi connectivity index (χ2n) is 5.51. The van der Waals surface area contributed by atoms with Gasteiger partial charge in [-0.2, -0.15) is 0 Å². The zero-order chi connectivity index (χ0) is 17.8. The average Bonchev–Trinajstić information content (AvgIpc) is 2.96. The molecule has 7 nitrogen and oxygen atoms in total. The number of fused-ring (bicyclic) bond motifs is 1. The highest BCUT2D eigenvalue weighted by molar-refractivity contribution is 5.97. The first-order valence-electron chi connectivity index (χ1n) is 7.99. The van der Waals surface area contributed by atoms with Gasteiger partial charge >= 0.3 is 5.76 Å². The fourth-order valence-corrected chi connectivity index (χ4v) is 2.45. The topological polar surface area (TPSA) is 96.4 Å². The minimum Gasteiger partial charge on any atom is -0.492 e. The molecule has 2 aromatic carbocycles. The van der Waals surface area contributed by atoms with Crippen LogP contribution >= 0.6 is 0 Å². The summed E-state index contributed by atoms with van der Waals surface area (Å²) in [5, 5.41) is 5.95. The third-order valence-corrected chi connectivity index (χ3v) is 3.64. The number of oxazole rings is 1. The minimum atomic E-state index is -0.509. The summed E-state index contributed by atoms with van der Waals surface area (Å²) in [6, 6.07) is 11.9. The number of aromatic nitrogens is 1. The SMILES string of the molecule is CCOc1ccccc1NC(=O)[C@@H](C)Nc1ccc2oc(=O)[nH]c2c1. The van der Waals surface area contributed by atoms with E-state index in [1.54, 1.807) is 37.3 Å². The Hall–Kier alpha value is -3.22. The second kappa shape index (κ2) is 7.12. The standard InChI is InChI=1S/C18H19N3O4/c1-3-24-15-7-5-4-6-13(15)20-17(22)11(2)19-12-8-9-16-14(10-12)21-18(23)25-16/h4-11,19H,3H2,1-2H3,(H,20,22)(H,21,23)/t11-/m1/s1. The van der Waals surface area contributed by atoms with E-state index in [4.69, 9.17) is 9.15 Å². The van der Waals surface area contributed by atoms with Gasteiger partial charge in [0.25, 0.3) is 0 Å². The van der Waals surface area contributed by atoms with Crippen LogP contribution < -0.4 is 21.1 Å². The molecular formula is C18H19N3O4. The summed E-state index contributed by atoms with van der Waals surface area (Å²) in [5.74, 6) is -0.0821. The maximum absolute atomic E-state index is 12.4. The lowest BCUT2D eigenvalue weighted by atomic mass is 10.2. The van der Waals surface area contributed by atoms with Crippen LogP contribution in [-0.2, 0) is 4.79 Å². The Labute approximate surface area is 144 Å². The summed E-state index contributed by atoms with van der Waals surface area (Å²) in [6.07, 6.45) is 0. The Morgan fingerprint density at radius 3 is 2.88 bits per heavy atom. The highest BCUT2D eigenvalue weighted by Crippen LogP contribution is 2.24. The number of ether oxygens (including phenoxy) is 1. The van der Waals surface area contributed by atoms with Gasteiger partial charge in [0.05, 0.1) is 17.8 Å². The lowest BCUT2D eigenvalue weighted by Crippen LogP contribution is -2.32. The van der Waals surface area contributed by atoms with Gasteiger partial charge < -0.3 is 19.8 Å². The highest BCUT2D eigenvalue weighted by Gasteiger charge is 2.15. The van der Waals surface area contributed by atoms with E-state index in [-0.39, 0.29) is 5.91 Å². The molecule has 0 fully saturated rings. The van der Waals surface area contributed by atoms with Crippen molar-refractivity contribution in [3.8, 4) is 5.75 Å². The fraction of sp³-hybridized carbons (Fsp3) is 0.222. The van der Waals surface area contributed by atoms with E-state index in [0.29, 0.717) is 34.8 Å². The van der Waals surface area contributed by atoms with E-state index < -0.39 is 11.8 Å². The summed E-state index contributed by atoms with van der Waals surface area (Å²) < 4.78 is 10.5. The van der Waals surface area contributed by atoms with Crippen LogP contribution in [0.25, 0.3) is 11.1 Å². The molecule has 1 atom stereocenters. The van der Waals surface area contributed by atoms with Gasteiger partial charge in [-0.1, -0.05) is 12.1 Å². The van der Waals surface area contributed by atoms with Crippen LogP contribution in [0.2, 0.25) is 0 Å². The monoisotopic (exact) mass is 341 g/mol. The summed E-state index contributed by atoms with van der Waals surface area (Å²) in [4.78, 5) is 26.2. The van der Waals surface area contributed by atoms with E-state index in [0.717, 1.165) is 0 Å². The number of hydrogen-bond acceptors (Lipinski definition) is 5. The van der Waals surface area contributed by atoms with Crippen molar-refractivity contribution in [3.63, 3.8) is 0 Å². The molecule has 25 heavy (non-hydrogen) atoms. The molecule has 3 aromatic rings. The normalized spacial score (nSPS) is 11.9. The molecule has 0 bridgehead atoms. The number of anilines is 2. The first-order valence-corrected chi connectivity index (χ1v) is 7.99. The van der Waals surface area contributed by atoms with E-state index in [9.17, 15) is 9.59 Å². The van der Waals surface area contributed by atoms with Crippen LogP contribution in [0.3, 0.4) is 0 Å². The summed E-state index contributed by atoms with van der Waals surface area (Å²) in [5.41, 5.74) is 2.37. The first kappa shape index (κ1) is 16.6. The second-order valence-corrected chi connectivity index (χ2v) is 5.51. The molecule has 3 N–H and O–H groups in total. The number of benzene rings is 2. The van der Waals surface area contributed by atoms with Crippen molar-refractivity contribution in [1.82, 2.24) is 4.98 Å². The number of para-hydroxylation sites is 2. The lowest BCUT2D eigenvalue weighted by molar-refractivity contribution is -0.116. The van der Waals surface area contributed by atoms with Crippen molar-refractivity contribution >= 4 is 28.4 Å². The van der Waals surface area contributed by atoms with Gasteiger partial charge in [0.2, 0.25) is 5.91 Å². The number of hydrogen-bond donors (Lipinski definition) is 3. The number of carbonyl (C=O) groups excluding carboxylic acids is 1. The molecule has 1 amide bonds. The summed E-state index contributed by atoms with van der Waals surface area (Å²) in [7, 11) is 0. The Bertz CT molecular complexity index is 945. The van der Waals surface area contributed by atoms with Crippen molar-refractivity contribution in [2.24, 2.45) is 0 Å². The first-order chi connectivity index (χ1) is 12.1.